The normalized spacial score (nSPS) is 12.7. The SMILES string of the molecule is CCCCCCCCCCCCCCCCCCCCCCC(O)C(CO)NC(=O)CCCCCCCCC/C=C\C/C=C\CCCCCCCCCCCOC(=O)CCCCCCCCCCCCCC. The zero-order valence-electron chi connectivity index (χ0n) is 48.7. The summed E-state index contributed by atoms with van der Waals surface area (Å²) in [5, 5.41) is 23.4. The lowest BCUT2D eigenvalue weighted by atomic mass is 10.0. The average molecular weight is 1010 g/mol. The second kappa shape index (κ2) is 61.9. The number of esters is 1. The monoisotopic (exact) mass is 1010 g/mol. The van der Waals surface area contributed by atoms with Crippen molar-refractivity contribution in [2.45, 2.75) is 373 Å². The number of aliphatic hydroxyl groups is 2. The van der Waals surface area contributed by atoms with Gasteiger partial charge < -0.3 is 20.3 Å². The predicted molar refractivity (Wildman–Crippen MR) is 315 cm³/mol. The zero-order valence-corrected chi connectivity index (χ0v) is 48.7. The van der Waals surface area contributed by atoms with Crippen LogP contribution in [0.5, 0.6) is 0 Å². The number of hydrogen-bond donors (Lipinski definition) is 3. The maximum absolute atomic E-state index is 12.5. The van der Waals surface area contributed by atoms with Gasteiger partial charge in [0.1, 0.15) is 0 Å². The molecule has 0 aliphatic heterocycles. The molecule has 0 aliphatic rings. The molecule has 0 fully saturated rings. The third-order valence-electron chi connectivity index (χ3n) is 15.3. The van der Waals surface area contributed by atoms with E-state index in [-0.39, 0.29) is 18.5 Å². The number of amides is 1. The van der Waals surface area contributed by atoms with Gasteiger partial charge in [0.15, 0.2) is 0 Å². The Labute approximate surface area is 450 Å². The van der Waals surface area contributed by atoms with E-state index in [4.69, 9.17) is 4.74 Å². The van der Waals surface area contributed by atoms with Crippen molar-refractivity contribution in [1.29, 1.82) is 0 Å². The van der Waals surface area contributed by atoms with Crippen LogP contribution in [0.1, 0.15) is 361 Å². The van der Waals surface area contributed by atoms with E-state index in [1.165, 1.54) is 283 Å². The number of nitrogens with one attached hydrogen (secondary N) is 1. The maximum Gasteiger partial charge on any atom is 0.305 e. The molecule has 0 radical (unpaired) electrons. The molecule has 0 aromatic carbocycles. The molecule has 0 aromatic heterocycles. The molecule has 6 nitrogen and oxygen atoms in total. The summed E-state index contributed by atoms with van der Waals surface area (Å²) < 4.78 is 5.47. The Kier molecular flexibility index (Phi) is 60.5. The van der Waals surface area contributed by atoms with E-state index in [0.717, 1.165) is 44.9 Å². The fraction of sp³-hybridized carbons (Fsp3) is 0.909. The van der Waals surface area contributed by atoms with Crippen molar-refractivity contribution in [1.82, 2.24) is 5.32 Å². The number of aliphatic hydroxyl groups excluding tert-OH is 2. The van der Waals surface area contributed by atoms with Crippen LogP contribution < -0.4 is 5.32 Å². The summed E-state index contributed by atoms with van der Waals surface area (Å²) in [5.74, 6) is -0.0336. The van der Waals surface area contributed by atoms with Crippen LogP contribution in [0.2, 0.25) is 0 Å². The minimum atomic E-state index is -0.671. The molecular weight excluding hydrogens is 887 g/mol. The van der Waals surface area contributed by atoms with Gasteiger partial charge in [-0.25, -0.2) is 0 Å². The number of carbonyl (C=O) groups excluding carboxylic acids is 2. The van der Waals surface area contributed by atoms with E-state index < -0.39 is 12.1 Å². The Bertz CT molecular complexity index is 1120. The van der Waals surface area contributed by atoms with Crippen molar-refractivity contribution < 1.29 is 24.5 Å². The Morgan fingerprint density at radius 2 is 0.694 bits per heavy atom. The van der Waals surface area contributed by atoms with Crippen molar-refractivity contribution in [2.24, 2.45) is 0 Å². The van der Waals surface area contributed by atoms with Crippen LogP contribution in [0.25, 0.3) is 0 Å². The fourth-order valence-corrected chi connectivity index (χ4v) is 10.3. The van der Waals surface area contributed by atoms with Crippen LogP contribution in [0.15, 0.2) is 24.3 Å². The van der Waals surface area contributed by atoms with Gasteiger partial charge in [-0.2, -0.15) is 0 Å². The molecule has 0 aliphatic carbocycles. The lowest BCUT2D eigenvalue weighted by molar-refractivity contribution is -0.143. The summed E-state index contributed by atoms with van der Waals surface area (Å²) in [6.07, 6.45) is 76.2. The molecule has 0 bridgehead atoms. The van der Waals surface area contributed by atoms with Crippen LogP contribution in [-0.2, 0) is 14.3 Å². The van der Waals surface area contributed by atoms with Crippen LogP contribution >= 0.6 is 0 Å². The van der Waals surface area contributed by atoms with Gasteiger partial charge in [0.05, 0.1) is 25.4 Å². The molecule has 426 valence electrons. The first kappa shape index (κ1) is 70.3. The first-order chi connectivity index (χ1) is 35.5. The standard InChI is InChI=1S/C66H127NO5/c1-3-5-7-9-11-13-15-17-18-19-20-26-29-32-35-38-42-46-50-54-58-64(69)63(62-68)67-65(70)59-55-51-47-43-39-36-33-30-27-24-22-21-23-25-28-31-34-37-41-45-49-53-57-61-72-66(71)60-56-52-48-44-40-16-14-12-10-8-6-4-2/h21,23-24,27,63-64,68-69H,3-20,22,25-26,28-62H2,1-2H3,(H,67,70)/b23-21-,27-24-. The van der Waals surface area contributed by atoms with Gasteiger partial charge >= 0.3 is 5.97 Å². The minimum absolute atomic E-state index is 0.00833. The molecule has 2 atom stereocenters. The highest BCUT2D eigenvalue weighted by Crippen LogP contribution is 2.18. The van der Waals surface area contributed by atoms with Crippen molar-refractivity contribution in [2.75, 3.05) is 13.2 Å². The fourth-order valence-electron chi connectivity index (χ4n) is 10.3. The van der Waals surface area contributed by atoms with Gasteiger partial charge in [-0.15, -0.1) is 0 Å². The summed E-state index contributed by atoms with van der Waals surface area (Å²) in [4.78, 5) is 24.5. The van der Waals surface area contributed by atoms with Crippen molar-refractivity contribution in [3.05, 3.63) is 24.3 Å². The number of ether oxygens (including phenoxy) is 1. The van der Waals surface area contributed by atoms with E-state index in [1.54, 1.807) is 0 Å². The number of rotatable bonds is 61. The highest BCUT2D eigenvalue weighted by molar-refractivity contribution is 5.76. The molecule has 72 heavy (non-hydrogen) atoms. The van der Waals surface area contributed by atoms with Gasteiger partial charge in [-0.05, 0) is 57.8 Å². The Hall–Kier alpha value is -1.66. The van der Waals surface area contributed by atoms with Crippen LogP contribution in [0.4, 0.5) is 0 Å². The molecule has 0 rings (SSSR count). The molecule has 0 spiro atoms. The third-order valence-corrected chi connectivity index (χ3v) is 15.3. The van der Waals surface area contributed by atoms with Crippen molar-refractivity contribution >= 4 is 11.9 Å². The first-order valence-corrected chi connectivity index (χ1v) is 32.6. The van der Waals surface area contributed by atoms with Gasteiger partial charge in [-0.1, -0.05) is 314 Å². The summed E-state index contributed by atoms with van der Waals surface area (Å²) in [5.41, 5.74) is 0. The van der Waals surface area contributed by atoms with E-state index in [9.17, 15) is 19.8 Å². The van der Waals surface area contributed by atoms with E-state index in [1.807, 2.05) is 0 Å². The van der Waals surface area contributed by atoms with Crippen LogP contribution in [0.3, 0.4) is 0 Å². The zero-order chi connectivity index (χ0) is 52.2. The molecular formula is C66H127NO5. The summed E-state index contributed by atoms with van der Waals surface area (Å²) in [7, 11) is 0. The molecule has 0 saturated carbocycles. The minimum Gasteiger partial charge on any atom is -0.466 e. The lowest BCUT2D eigenvalue weighted by Gasteiger charge is -2.22. The van der Waals surface area contributed by atoms with E-state index >= 15 is 0 Å². The summed E-state index contributed by atoms with van der Waals surface area (Å²) in [6.45, 7) is 4.97. The van der Waals surface area contributed by atoms with E-state index in [2.05, 4.69) is 43.5 Å². The lowest BCUT2D eigenvalue weighted by Crippen LogP contribution is -2.45. The van der Waals surface area contributed by atoms with Crippen LogP contribution in [-0.4, -0.2) is 47.4 Å². The summed E-state index contributed by atoms with van der Waals surface area (Å²) >= 11 is 0. The number of hydrogen-bond acceptors (Lipinski definition) is 5. The maximum atomic E-state index is 12.5. The third kappa shape index (κ3) is 57.6. The topological polar surface area (TPSA) is 95.9 Å². The highest BCUT2D eigenvalue weighted by atomic mass is 16.5. The first-order valence-electron chi connectivity index (χ1n) is 32.6. The molecule has 6 heteroatoms. The van der Waals surface area contributed by atoms with Gasteiger partial charge in [-0.3, -0.25) is 9.59 Å². The average Bonchev–Trinajstić information content (AvgIpc) is 3.38. The number of carbonyl (C=O) groups is 2. The second-order valence-corrected chi connectivity index (χ2v) is 22.5. The quantitative estimate of drug-likeness (QED) is 0.0320. The Balaban J connectivity index is 3.45. The predicted octanol–water partition coefficient (Wildman–Crippen LogP) is 20.6. The highest BCUT2D eigenvalue weighted by Gasteiger charge is 2.20. The largest absolute Gasteiger partial charge is 0.466 e. The Morgan fingerprint density at radius 1 is 0.389 bits per heavy atom. The molecule has 0 aromatic rings. The van der Waals surface area contributed by atoms with Crippen molar-refractivity contribution in [3.63, 3.8) is 0 Å². The smallest absolute Gasteiger partial charge is 0.305 e. The van der Waals surface area contributed by atoms with Gasteiger partial charge in [0, 0.05) is 12.8 Å². The molecule has 0 saturated heterocycles. The number of allylic oxidation sites excluding steroid dienone is 4. The van der Waals surface area contributed by atoms with Crippen LogP contribution in [0, 0.1) is 0 Å². The van der Waals surface area contributed by atoms with Gasteiger partial charge in [0.25, 0.3) is 0 Å². The molecule has 1 amide bonds. The Morgan fingerprint density at radius 3 is 1.06 bits per heavy atom. The van der Waals surface area contributed by atoms with Crippen molar-refractivity contribution in [3.8, 4) is 0 Å². The second-order valence-electron chi connectivity index (χ2n) is 22.5. The molecule has 0 heterocycles. The van der Waals surface area contributed by atoms with E-state index in [0.29, 0.717) is 25.9 Å². The summed E-state index contributed by atoms with van der Waals surface area (Å²) in [6, 6.07) is -0.550. The molecule has 2 unspecified atom stereocenters. The molecule has 3 N–H and O–H groups in total. The van der Waals surface area contributed by atoms with Gasteiger partial charge in [0.2, 0.25) is 5.91 Å². The number of unbranched alkanes of at least 4 members (excludes halogenated alkanes) is 46.